The van der Waals surface area contributed by atoms with Crippen molar-refractivity contribution in [2.75, 3.05) is 24.5 Å². The molecule has 0 saturated carbocycles. The van der Waals surface area contributed by atoms with Gasteiger partial charge < -0.3 is 15.5 Å². The summed E-state index contributed by atoms with van der Waals surface area (Å²) in [6.07, 6.45) is 5.50. The zero-order valence-corrected chi connectivity index (χ0v) is 15.0. The lowest BCUT2D eigenvalue weighted by atomic mass is 9.81. The summed E-state index contributed by atoms with van der Waals surface area (Å²) in [5, 5.41) is 6.01. The van der Waals surface area contributed by atoms with Crippen LogP contribution in [0.1, 0.15) is 45.2 Å². The summed E-state index contributed by atoms with van der Waals surface area (Å²) in [5.74, 6) is 1.00. The summed E-state index contributed by atoms with van der Waals surface area (Å²) >= 11 is 0. The Morgan fingerprint density at radius 3 is 3.04 bits per heavy atom. The number of hydrogen-bond donors (Lipinski definition) is 2. The lowest BCUT2D eigenvalue weighted by Gasteiger charge is -2.37. The number of anilines is 1. The third-order valence-corrected chi connectivity index (χ3v) is 5.28. The van der Waals surface area contributed by atoms with Gasteiger partial charge in [-0.3, -0.25) is 9.59 Å². The Bertz CT molecular complexity index is 638. The molecule has 0 unspecified atom stereocenters. The molecule has 1 aromatic rings. The molecule has 7 nitrogen and oxygen atoms in total. The number of aromatic nitrogens is 2. The van der Waals surface area contributed by atoms with Gasteiger partial charge in [0.25, 0.3) is 0 Å². The summed E-state index contributed by atoms with van der Waals surface area (Å²) in [6, 6.07) is 2.14. The van der Waals surface area contributed by atoms with Crippen LogP contribution in [0.15, 0.2) is 12.4 Å². The molecule has 0 radical (unpaired) electrons. The van der Waals surface area contributed by atoms with Crippen LogP contribution in [0, 0.1) is 5.41 Å². The quantitative estimate of drug-likeness (QED) is 0.851. The highest BCUT2D eigenvalue weighted by molar-refractivity contribution is 5.86. The molecule has 0 aliphatic carbocycles. The Labute approximate surface area is 148 Å². The van der Waals surface area contributed by atoms with Crippen molar-refractivity contribution in [1.82, 2.24) is 20.6 Å². The molecule has 25 heavy (non-hydrogen) atoms. The summed E-state index contributed by atoms with van der Waals surface area (Å²) in [4.78, 5) is 35.0. The number of nitrogens with zero attached hydrogens (tertiary/aromatic N) is 3. The lowest BCUT2D eigenvalue weighted by Crippen LogP contribution is -2.55. The van der Waals surface area contributed by atoms with Crippen LogP contribution in [-0.2, 0) is 16.0 Å². The number of carbonyl (C=O) groups excluding carboxylic acids is 2. The van der Waals surface area contributed by atoms with E-state index in [1.807, 2.05) is 13.0 Å². The normalized spacial score (nSPS) is 26.9. The standard InChI is InChI=1S/C18H27N5O2/c1-3-13-9-15(21-12-20-13)23-8-4-5-14(10-23)22-17(25)18(2)7-6-16(24)19-11-18/h9,12,14H,3-8,10-11H2,1-2H3,(H,19,24)(H,22,25)/t14-,18+/m1/s1. The summed E-state index contributed by atoms with van der Waals surface area (Å²) in [6.45, 7) is 6.13. The number of amides is 2. The maximum absolute atomic E-state index is 12.7. The Hall–Kier alpha value is -2.18. The summed E-state index contributed by atoms with van der Waals surface area (Å²) < 4.78 is 0. The fraction of sp³-hybridized carbons (Fsp3) is 0.667. The van der Waals surface area contributed by atoms with Gasteiger partial charge in [-0.2, -0.15) is 0 Å². The highest BCUT2D eigenvalue weighted by Crippen LogP contribution is 2.27. The average Bonchev–Trinajstić information content (AvgIpc) is 2.64. The average molecular weight is 345 g/mol. The zero-order chi connectivity index (χ0) is 17.9. The Morgan fingerprint density at radius 2 is 2.32 bits per heavy atom. The van der Waals surface area contributed by atoms with E-state index in [1.54, 1.807) is 6.33 Å². The van der Waals surface area contributed by atoms with Gasteiger partial charge in [0.2, 0.25) is 11.8 Å². The molecule has 7 heteroatoms. The third-order valence-electron chi connectivity index (χ3n) is 5.28. The van der Waals surface area contributed by atoms with Gasteiger partial charge in [-0.1, -0.05) is 6.92 Å². The molecular formula is C18H27N5O2. The zero-order valence-electron chi connectivity index (χ0n) is 15.0. The van der Waals surface area contributed by atoms with Crippen LogP contribution in [0.25, 0.3) is 0 Å². The van der Waals surface area contributed by atoms with Crippen molar-refractivity contribution in [3.63, 3.8) is 0 Å². The van der Waals surface area contributed by atoms with E-state index in [9.17, 15) is 9.59 Å². The monoisotopic (exact) mass is 345 g/mol. The molecule has 2 fully saturated rings. The topological polar surface area (TPSA) is 87.2 Å². The largest absolute Gasteiger partial charge is 0.355 e. The maximum atomic E-state index is 12.7. The first-order valence-corrected chi connectivity index (χ1v) is 9.14. The highest BCUT2D eigenvalue weighted by Gasteiger charge is 2.38. The van der Waals surface area contributed by atoms with E-state index in [1.165, 1.54) is 0 Å². The van der Waals surface area contributed by atoms with Crippen LogP contribution in [0.2, 0.25) is 0 Å². The van der Waals surface area contributed by atoms with Crippen molar-refractivity contribution in [3.8, 4) is 0 Å². The predicted molar refractivity (Wildman–Crippen MR) is 95.1 cm³/mol. The second kappa shape index (κ2) is 7.37. The number of aryl methyl sites for hydroxylation is 1. The third kappa shape index (κ3) is 4.08. The molecule has 2 amide bonds. The summed E-state index contributed by atoms with van der Waals surface area (Å²) in [5.41, 5.74) is 0.516. The molecular weight excluding hydrogens is 318 g/mol. The minimum Gasteiger partial charge on any atom is -0.355 e. The number of hydrogen-bond acceptors (Lipinski definition) is 5. The van der Waals surface area contributed by atoms with Crippen molar-refractivity contribution in [3.05, 3.63) is 18.1 Å². The molecule has 2 atom stereocenters. The summed E-state index contributed by atoms with van der Waals surface area (Å²) in [7, 11) is 0. The van der Waals surface area contributed by atoms with E-state index in [4.69, 9.17) is 0 Å². The molecule has 1 aromatic heterocycles. The Morgan fingerprint density at radius 1 is 1.48 bits per heavy atom. The second-order valence-corrected chi connectivity index (χ2v) is 7.32. The van der Waals surface area contributed by atoms with Gasteiger partial charge in [-0.25, -0.2) is 9.97 Å². The fourth-order valence-electron chi connectivity index (χ4n) is 3.47. The number of carbonyl (C=O) groups is 2. The number of piperidine rings is 2. The van der Waals surface area contributed by atoms with Gasteiger partial charge in [0.1, 0.15) is 12.1 Å². The number of nitrogens with one attached hydrogen (secondary N) is 2. The van der Waals surface area contributed by atoms with E-state index in [2.05, 4.69) is 32.4 Å². The first-order valence-electron chi connectivity index (χ1n) is 9.14. The van der Waals surface area contributed by atoms with Crippen LogP contribution in [0.3, 0.4) is 0 Å². The van der Waals surface area contributed by atoms with Gasteiger partial charge in [0, 0.05) is 43.9 Å². The molecule has 2 N–H and O–H groups in total. The number of rotatable bonds is 4. The predicted octanol–water partition coefficient (Wildman–Crippen LogP) is 1.04. The minimum atomic E-state index is -0.513. The molecule has 0 bridgehead atoms. The first kappa shape index (κ1) is 17.6. The van der Waals surface area contributed by atoms with E-state index in [-0.39, 0.29) is 17.9 Å². The molecule has 0 aromatic carbocycles. The lowest BCUT2D eigenvalue weighted by molar-refractivity contribution is -0.135. The SMILES string of the molecule is CCc1cc(N2CCC[C@@H](NC(=O)[C@@]3(C)CCC(=O)NC3)C2)ncn1. The van der Waals surface area contributed by atoms with Gasteiger partial charge in [0.15, 0.2) is 0 Å². The fourth-order valence-corrected chi connectivity index (χ4v) is 3.47. The maximum Gasteiger partial charge on any atom is 0.228 e. The molecule has 2 saturated heterocycles. The van der Waals surface area contributed by atoms with Crippen molar-refractivity contribution in [2.24, 2.45) is 5.41 Å². The molecule has 136 valence electrons. The van der Waals surface area contributed by atoms with E-state index >= 15 is 0 Å². The van der Waals surface area contributed by atoms with Crippen molar-refractivity contribution in [2.45, 2.75) is 52.0 Å². The highest BCUT2D eigenvalue weighted by atomic mass is 16.2. The van der Waals surface area contributed by atoms with Crippen LogP contribution < -0.4 is 15.5 Å². The Balaban J connectivity index is 1.61. The molecule has 3 heterocycles. The van der Waals surface area contributed by atoms with E-state index < -0.39 is 5.41 Å². The molecule has 0 spiro atoms. The minimum absolute atomic E-state index is 0.0320. The first-order chi connectivity index (χ1) is 12.0. The van der Waals surface area contributed by atoms with Crippen molar-refractivity contribution >= 4 is 17.6 Å². The van der Waals surface area contributed by atoms with Crippen LogP contribution in [0.4, 0.5) is 5.82 Å². The second-order valence-electron chi connectivity index (χ2n) is 7.32. The van der Waals surface area contributed by atoms with Crippen molar-refractivity contribution in [1.29, 1.82) is 0 Å². The van der Waals surface area contributed by atoms with E-state index in [0.29, 0.717) is 19.4 Å². The Kier molecular flexibility index (Phi) is 5.20. The van der Waals surface area contributed by atoms with Gasteiger partial charge >= 0.3 is 0 Å². The van der Waals surface area contributed by atoms with Gasteiger partial charge in [-0.15, -0.1) is 0 Å². The smallest absolute Gasteiger partial charge is 0.228 e. The molecule has 2 aliphatic rings. The molecule has 2 aliphatic heterocycles. The van der Waals surface area contributed by atoms with Crippen molar-refractivity contribution < 1.29 is 9.59 Å². The molecule has 3 rings (SSSR count). The van der Waals surface area contributed by atoms with Gasteiger partial charge in [0.05, 0.1) is 5.41 Å². The van der Waals surface area contributed by atoms with E-state index in [0.717, 1.165) is 43.9 Å². The van der Waals surface area contributed by atoms with Crippen LogP contribution >= 0.6 is 0 Å². The van der Waals surface area contributed by atoms with Gasteiger partial charge in [-0.05, 0) is 32.6 Å². The van der Waals surface area contributed by atoms with Crippen LogP contribution in [0.5, 0.6) is 0 Å². The van der Waals surface area contributed by atoms with Crippen LogP contribution in [-0.4, -0.2) is 47.5 Å².